The third kappa shape index (κ3) is 2.40. The minimum atomic E-state index is -0.349. The van der Waals surface area contributed by atoms with E-state index < -0.39 is 0 Å². The fourth-order valence-electron chi connectivity index (χ4n) is 2.41. The summed E-state index contributed by atoms with van der Waals surface area (Å²) in [4.78, 5) is 8.83. The van der Waals surface area contributed by atoms with E-state index in [0.717, 1.165) is 31.4 Å². The van der Waals surface area contributed by atoms with E-state index in [1.54, 1.807) is 20.3 Å². The maximum Gasteiger partial charge on any atom is 0.162 e. The molecule has 0 radical (unpaired) electrons. The molecule has 5 nitrogen and oxygen atoms in total. The highest BCUT2D eigenvalue weighted by Gasteiger charge is 2.38. The molecule has 0 aromatic carbocycles. The molecule has 1 aromatic heterocycles. The van der Waals surface area contributed by atoms with E-state index >= 15 is 0 Å². The van der Waals surface area contributed by atoms with Gasteiger partial charge in [0.05, 0.1) is 12.3 Å². The molecule has 0 unspecified atom stereocenters. The SMILES string of the molecule is COCc1cc(N)nc(C2(OC)CCCC2)n1. The van der Waals surface area contributed by atoms with Crippen molar-refractivity contribution < 1.29 is 9.47 Å². The fraction of sp³-hybridized carbons (Fsp3) is 0.667. The molecule has 2 N–H and O–H groups in total. The third-order valence-electron chi connectivity index (χ3n) is 3.30. The van der Waals surface area contributed by atoms with Crippen LogP contribution in [-0.4, -0.2) is 24.2 Å². The summed E-state index contributed by atoms with van der Waals surface area (Å²) in [6, 6.07) is 1.74. The highest BCUT2D eigenvalue weighted by molar-refractivity contribution is 5.31. The molecule has 17 heavy (non-hydrogen) atoms. The van der Waals surface area contributed by atoms with Crippen LogP contribution in [0.25, 0.3) is 0 Å². The lowest BCUT2D eigenvalue weighted by Crippen LogP contribution is -2.28. The Hall–Kier alpha value is -1.20. The highest BCUT2D eigenvalue weighted by atomic mass is 16.5. The van der Waals surface area contributed by atoms with Crippen LogP contribution in [0.5, 0.6) is 0 Å². The van der Waals surface area contributed by atoms with E-state index in [4.69, 9.17) is 15.2 Å². The Kier molecular flexibility index (Phi) is 3.59. The number of aromatic nitrogens is 2. The van der Waals surface area contributed by atoms with Crippen LogP contribution >= 0.6 is 0 Å². The minimum Gasteiger partial charge on any atom is -0.384 e. The van der Waals surface area contributed by atoms with Gasteiger partial charge in [-0.05, 0) is 25.7 Å². The van der Waals surface area contributed by atoms with Crippen molar-refractivity contribution in [1.82, 2.24) is 9.97 Å². The second-order valence-electron chi connectivity index (χ2n) is 4.45. The molecule has 0 atom stereocenters. The minimum absolute atomic E-state index is 0.349. The Morgan fingerprint density at radius 2 is 2.00 bits per heavy atom. The molecule has 1 aliphatic carbocycles. The van der Waals surface area contributed by atoms with Crippen LogP contribution in [0.2, 0.25) is 0 Å². The molecule has 1 heterocycles. The first-order valence-electron chi connectivity index (χ1n) is 5.88. The highest BCUT2D eigenvalue weighted by Crippen LogP contribution is 2.40. The normalized spacial score (nSPS) is 18.5. The molecular formula is C12H19N3O2. The molecule has 0 aliphatic heterocycles. The molecule has 2 rings (SSSR count). The molecular weight excluding hydrogens is 218 g/mol. The lowest BCUT2D eigenvalue weighted by atomic mass is 10.0. The van der Waals surface area contributed by atoms with E-state index in [9.17, 15) is 0 Å². The van der Waals surface area contributed by atoms with Crippen molar-refractivity contribution in [2.75, 3.05) is 20.0 Å². The van der Waals surface area contributed by atoms with Crippen LogP contribution in [0, 0.1) is 0 Å². The number of ether oxygens (including phenoxy) is 2. The molecule has 5 heteroatoms. The zero-order valence-electron chi connectivity index (χ0n) is 10.4. The van der Waals surface area contributed by atoms with Crippen molar-refractivity contribution in [3.8, 4) is 0 Å². The lowest BCUT2D eigenvalue weighted by Gasteiger charge is -2.26. The third-order valence-corrected chi connectivity index (χ3v) is 3.30. The van der Waals surface area contributed by atoms with Gasteiger partial charge in [-0.15, -0.1) is 0 Å². The second-order valence-corrected chi connectivity index (χ2v) is 4.45. The van der Waals surface area contributed by atoms with Crippen LogP contribution in [0.4, 0.5) is 5.82 Å². The monoisotopic (exact) mass is 237 g/mol. The molecule has 1 aliphatic rings. The van der Waals surface area contributed by atoms with Gasteiger partial charge in [0.25, 0.3) is 0 Å². The van der Waals surface area contributed by atoms with Gasteiger partial charge in [-0.3, -0.25) is 0 Å². The molecule has 1 aromatic rings. The van der Waals surface area contributed by atoms with E-state index in [-0.39, 0.29) is 5.60 Å². The Morgan fingerprint density at radius 3 is 2.59 bits per heavy atom. The largest absolute Gasteiger partial charge is 0.384 e. The summed E-state index contributed by atoms with van der Waals surface area (Å²) in [5.41, 5.74) is 6.26. The van der Waals surface area contributed by atoms with Gasteiger partial charge in [0.1, 0.15) is 11.4 Å². The number of nitrogens with two attached hydrogens (primary N) is 1. The molecule has 0 saturated heterocycles. The molecule has 1 saturated carbocycles. The Bertz CT molecular complexity index is 389. The maximum atomic E-state index is 5.81. The summed E-state index contributed by atoms with van der Waals surface area (Å²) in [5.74, 6) is 1.18. The summed E-state index contributed by atoms with van der Waals surface area (Å²) >= 11 is 0. The van der Waals surface area contributed by atoms with Gasteiger partial charge in [-0.1, -0.05) is 0 Å². The maximum absolute atomic E-state index is 5.81. The van der Waals surface area contributed by atoms with Crippen LogP contribution in [-0.2, 0) is 21.7 Å². The molecule has 0 bridgehead atoms. The predicted octanol–water partition coefficient (Wildman–Crippen LogP) is 1.62. The zero-order valence-corrected chi connectivity index (χ0v) is 10.4. The van der Waals surface area contributed by atoms with Gasteiger partial charge in [0.15, 0.2) is 5.82 Å². The molecule has 94 valence electrons. The van der Waals surface area contributed by atoms with Gasteiger partial charge in [-0.25, -0.2) is 9.97 Å². The summed E-state index contributed by atoms with van der Waals surface area (Å²) in [7, 11) is 3.35. The number of hydrogen-bond donors (Lipinski definition) is 1. The predicted molar refractivity (Wildman–Crippen MR) is 64.3 cm³/mol. The zero-order chi connectivity index (χ0) is 12.3. The first-order chi connectivity index (χ1) is 8.20. The van der Waals surface area contributed by atoms with Crippen LogP contribution in [0.3, 0.4) is 0 Å². The van der Waals surface area contributed by atoms with Gasteiger partial charge >= 0.3 is 0 Å². The first-order valence-corrected chi connectivity index (χ1v) is 5.88. The average Bonchev–Trinajstić information content (AvgIpc) is 2.78. The van der Waals surface area contributed by atoms with Crippen LogP contribution < -0.4 is 5.73 Å². The molecule has 0 spiro atoms. The number of anilines is 1. The van der Waals surface area contributed by atoms with E-state index in [1.165, 1.54) is 0 Å². The standard InChI is InChI=1S/C12H19N3O2/c1-16-8-9-7-10(13)15-11(14-9)12(17-2)5-3-4-6-12/h7H,3-6,8H2,1-2H3,(H2,13,14,15). The Labute approximate surface area is 101 Å². The van der Waals surface area contributed by atoms with E-state index in [0.29, 0.717) is 18.2 Å². The fourth-order valence-corrected chi connectivity index (χ4v) is 2.41. The van der Waals surface area contributed by atoms with Gasteiger partial charge < -0.3 is 15.2 Å². The first kappa shape index (κ1) is 12.3. The van der Waals surface area contributed by atoms with E-state index in [1.807, 2.05) is 0 Å². The van der Waals surface area contributed by atoms with E-state index in [2.05, 4.69) is 9.97 Å². The topological polar surface area (TPSA) is 70.3 Å². The van der Waals surface area contributed by atoms with Crippen molar-refractivity contribution >= 4 is 5.82 Å². The Morgan fingerprint density at radius 1 is 1.29 bits per heavy atom. The Balaban J connectivity index is 2.36. The van der Waals surface area contributed by atoms with Crippen molar-refractivity contribution in [2.24, 2.45) is 0 Å². The van der Waals surface area contributed by atoms with Crippen LogP contribution in [0.1, 0.15) is 37.2 Å². The summed E-state index contributed by atoms with van der Waals surface area (Å²) in [5, 5.41) is 0. The quantitative estimate of drug-likeness (QED) is 0.861. The number of nitrogen functional groups attached to an aromatic ring is 1. The summed E-state index contributed by atoms with van der Waals surface area (Å²) < 4.78 is 10.7. The smallest absolute Gasteiger partial charge is 0.162 e. The summed E-state index contributed by atoms with van der Waals surface area (Å²) in [6.07, 6.45) is 4.20. The second kappa shape index (κ2) is 4.98. The van der Waals surface area contributed by atoms with Crippen molar-refractivity contribution in [3.63, 3.8) is 0 Å². The molecule has 0 amide bonds. The molecule has 1 fully saturated rings. The van der Waals surface area contributed by atoms with Gasteiger partial charge in [0.2, 0.25) is 0 Å². The summed E-state index contributed by atoms with van der Waals surface area (Å²) in [6.45, 7) is 0.444. The average molecular weight is 237 g/mol. The van der Waals surface area contributed by atoms with Gasteiger partial charge in [0, 0.05) is 20.3 Å². The van der Waals surface area contributed by atoms with Crippen molar-refractivity contribution in [2.45, 2.75) is 37.9 Å². The van der Waals surface area contributed by atoms with Crippen molar-refractivity contribution in [1.29, 1.82) is 0 Å². The van der Waals surface area contributed by atoms with Gasteiger partial charge in [-0.2, -0.15) is 0 Å². The van der Waals surface area contributed by atoms with Crippen molar-refractivity contribution in [3.05, 3.63) is 17.6 Å². The number of nitrogens with zero attached hydrogens (tertiary/aromatic N) is 2. The van der Waals surface area contributed by atoms with Crippen LogP contribution in [0.15, 0.2) is 6.07 Å². The number of rotatable bonds is 4. The number of hydrogen-bond acceptors (Lipinski definition) is 5. The number of methoxy groups -OCH3 is 2. The lowest BCUT2D eigenvalue weighted by molar-refractivity contribution is -0.0165.